The van der Waals surface area contributed by atoms with Gasteiger partial charge in [-0.3, -0.25) is 4.79 Å². The normalized spacial score (nSPS) is 42.3. The highest BCUT2D eigenvalue weighted by atomic mass is 16.2. The number of fused-ring (bicyclic) bond motifs is 5. The molecule has 3 aliphatic carbocycles. The van der Waals surface area contributed by atoms with E-state index in [1.54, 1.807) is 6.08 Å². The van der Waals surface area contributed by atoms with E-state index in [0.29, 0.717) is 17.8 Å². The van der Waals surface area contributed by atoms with Crippen LogP contribution in [0.3, 0.4) is 0 Å². The predicted molar refractivity (Wildman–Crippen MR) is 117 cm³/mol. The summed E-state index contributed by atoms with van der Waals surface area (Å²) in [4.78, 5) is 28.2. The molecule has 3 saturated carbocycles. The standard InChI is InChI=1S/C26H32N2O2/c1-25-14-12-20-18(8-11-22-26(20,2)15-13-23(29)28-22)19(25)9-10-21(25)24(30)27-16-17-6-4-3-5-7-17/h3-7,13,15-16,18-22H,8-12,14H2,1-2H3,(H,28,29)/p+1/t18?,19?,20?,21-,22-,25+,26-/m1/s1. The minimum absolute atomic E-state index is 0.0551. The number of benzene rings is 1. The summed E-state index contributed by atoms with van der Waals surface area (Å²) >= 11 is 0. The summed E-state index contributed by atoms with van der Waals surface area (Å²) in [5.41, 5.74) is 1.17. The van der Waals surface area contributed by atoms with Crippen LogP contribution in [0.15, 0.2) is 42.5 Å². The quantitative estimate of drug-likeness (QED) is 0.743. The van der Waals surface area contributed by atoms with Gasteiger partial charge in [-0.05, 0) is 79.9 Å². The molecule has 1 aromatic rings. The largest absolute Gasteiger partial charge is 0.388 e. The van der Waals surface area contributed by atoms with Gasteiger partial charge in [0.2, 0.25) is 5.91 Å². The first-order chi connectivity index (χ1) is 14.4. The molecule has 7 atom stereocenters. The number of hydrogen-bond donors (Lipinski definition) is 2. The average molecular weight is 406 g/mol. The van der Waals surface area contributed by atoms with Crippen LogP contribution in [0.2, 0.25) is 0 Å². The van der Waals surface area contributed by atoms with Crippen LogP contribution in [0.25, 0.3) is 0 Å². The summed E-state index contributed by atoms with van der Waals surface area (Å²) in [6.45, 7) is 4.72. The van der Waals surface area contributed by atoms with Crippen molar-refractivity contribution in [2.45, 2.75) is 58.4 Å². The first-order valence-electron chi connectivity index (χ1n) is 11.6. The molecule has 5 rings (SSSR count). The van der Waals surface area contributed by atoms with Crippen molar-refractivity contribution >= 4 is 18.0 Å². The Kier molecular flexibility index (Phi) is 4.72. The van der Waals surface area contributed by atoms with Gasteiger partial charge in [-0.1, -0.05) is 38.1 Å². The van der Waals surface area contributed by atoms with E-state index < -0.39 is 0 Å². The van der Waals surface area contributed by atoms with Gasteiger partial charge in [0.15, 0.2) is 6.21 Å². The molecule has 2 amide bonds. The van der Waals surface area contributed by atoms with Crippen LogP contribution in [0.5, 0.6) is 0 Å². The predicted octanol–water partition coefficient (Wildman–Crippen LogP) is 2.63. The maximum Gasteiger partial charge on any atom is 0.388 e. The smallest absolute Gasteiger partial charge is 0.349 e. The molecule has 0 spiro atoms. The van der Waals surface area contributed by atoms with E-state index in [4.69, 9.17) is 0 Å². The van der Waals surface area contributed by atoms with Crippen molar-refractivity contribution in [3.05, 3.63) is 48.0 Å². The van der Waals surface area contributed by atoms with Crippen LogP contribution in [0, 0.1) is 34.5 Å². The third kappa shape index (κ3) is 2.99. The second kappa shape index (κ2) is 7.18. The van der Waals surface area contributed by atoms with Crippen molar-refractivity contribution in [2.75, 3.05) is 0 Å². The molecule has 1 aliphatic heterocycles. The molecular weight excluding hydrogens is 372 g/mol. The van der Waals surface area contributed by atoms with Gasteiger partial charge in [0, 0.05) is 17.0 Å². The lowest BCUT2D eigenvalue weighted by Crippen LogP contribution is -2.77. The molecule has 4 heteroatoms. The zero-order valence-electron chi connectivity index (χ0n) is 18.1. The zero-order valence-corrected chi connectivity index (χ0v) is 18.1. The summed E-state index contributed by atoms with van der Waals surface area (Å²) in [5, 5.41) is 3.23. The van der Waals surface area contributed by atoms with Gasteiger partial charge in [-0.25, -0.2) is 4.79 Å². The molecule has 3 unspecified atom stereocenters. The minimum atomic E-state index is 0.0551. The highest BCUT2D eigenvalue weighted by molar-refractivity contribution is 5.89. The summed E-state index contributed by atoms with van der Waals surface area (Å²) in [6.07, 6.45) is 12.4. The van der Waals surface area contributed by atoms with Crippen molar-refractivity contribution in [3.8, 4) is 0 Å². The molecular formula is C26H33N2O2+. The fourth-order valence-corrected chi connectivity index (χ4v) is 7.57. The lowest BCUT2D eigenvalue weighted by molar-refractivity contribution is -0.380. The molecule has 1 aromatic carbocycles. The topological polar surface area (TPSA) is 60.1 Å². The van der Waals surface area contributed by atoms with Crippen LogP contribution in [-0.4, -0.2) is 24.1 Å². The van der Waals surface area contributed by atoms with Gasteiger partial charge in [-0.15, -0.1) is 0 Å². The van der Waals surface area contributed by atoms with E-state index in [2.05, 4.69) is 30.2 Å². The van der Waals surface area contributed by atoms with Crippen LogP contribution in [0.1, 0.15) is 57.9 Å². The Bertz CT molecular complexity index is 907. The minimum Gasteiger partial charge on any atom is -0.349 e. The number of hydrogen-bond acceptors (Lipinski definition) is 2. The molecule has 30 heavy (non-hydrogen) atoms. The van der Waals surface area contributed by atoms with Gasteiger partial charge in [0.05, 0.1) is 5.92 Å². The van der Waals surface area contributed by atoms with Crippen LogP contribution < -0.4 is 10.3 Å². The fraction of sp³-hybridized carbons (Fsp3) is 0.577. The Balaban J connectivity index is 1.36. The van der Waals surface area contributed by atoms with Crippen LogP contribution >= 0.6 is 0 Å². The fourth-order valence-electron chi connectivity index (χ4n) is 7.57. The third-order valence-electron chi connectivity index (χ3n) is 9.18. The Morgan fingerprint density at radius 2 is 1.87 bits per heavy atom. The van der Waals surface area contributed by atoms with Crippen molar-refractivity contribution in [2.24, 2.45) is 34.5 Å². The Morgan fingerprint density at radius 3 is 2.67 bits per heavy atom. The molecule has 2 N–H and O–H groups in total. The number of nitrogens with one attached hydrogen (secondary N) is 2. The maximum absolute atomic E-state index is 13.2. The molecule has 1 heterocycles. The average Bonchev–Trinajstić information content (AvgIpc) is 3.10. The second-order valence-corrected chi connectivity index (χ2v) is 10.5. The molecule has 3 fully saturated rings. The van der Waals surface area contributed by atoms with Crippen molar-refractivity contribution < 1.29 is 14.6 Å². The lowest BCUT2D eigenvalue weighted by Gasteiger charge is -2.58. The number of carbonyl (C=O) groups excluding carboxylic acids is 2. The molecule has 4 aliphatic rings. The molecule has 4 nitrogen and oxygen atoms in total. The van der Waals surface area contributed by atoms with E-state index in [9.17, 15) is 9.59 Å². The van der Waals surface area contributed by atoms with E-state index in [0.717, 1.165) is 37.7 Å². The van der Waals surface area contributed by atoms with Crippen LogP contribution in [0.4, 0.5) is 0 Å². The number of carbonyl (C=O) groups is 2. The zero-order chi connectivity index (χ0) is 20.9. The summed E-state index contributed by atoms with van der Waals surface area (Å²) in [6, 6.07) is 10.3. The van der Waals surface area contributed by atoms with Crippen molar-refractivity contribution in [1.29, 1.82) is 0 Å². The number of amides is 2. The van der Waals surface area contributed by atoms with Crippen molar-refractivity contribution in [1.82, 2.24) is 5.32 Å². The lowest BCUT2D eigenvalue weighted by atomic mass is 9.48. The summed E-state index contributed by atoms with van der Waals surface area (Å²) in [5.74, 6) is 2.20. The van der Waals surface area contributed by atoms with E-state index >= 15 is 0 Å². The summed E-state index contributed by atoms with van der Waals surface area (Å²) < 4.78 is 0. The van der Waals surface area contributed by atoms with Gasteiger partial charge in [0.25, 0.3) is 0 Å². The molecule has 158 valence electrons. The van der Waals surface area contributed by atoms with Crippen molar-refractivity contribution in [3.63, 3.8) is 0 Å². The molecule has 0 bridgehead atoms. The monoisotopic (exact) mass is 405 g/mol. The van der Waals surface area contributed by atoms with Gasteiger partial charge >= 0.3 is 5.91 Å². The molecule has 0 aromatic heterocycles. The number of rotatable bonds is 2. The highest BCUT2D eigenvalue weighted by Gasteiger charge is 2.61. The van der Waals surface area contributed by atoms with E-state index in [1.165, 1.54) is 6.42 Å². The first-order valence-corrected chi connectivity index (χ1v) is 11.6. The Morgan fingerprint density at radius 1 is 1.07 bits per heavy atom. The van der Waals surface area contributed by atoms with Gasteiger partial charge < -0.3 is 5.32 Å². The van der Waals surface area contributed by atoms with Gasteiger partial charge in [-0.2, -0.15) is 4.99 Å². The SMILES string of the molecule is C[C@]12CCC3C(CC[C@H]4NC(=O)C=C[C@]34C)C1CC[C@@H]2C(=O)[NH+]=Cc1ccccc1. The van der Waals surface area contributed by atoms with E-state index in [-0.39, 0.29) is 34.6 Å². The maximum atomic E-state index is 13.2. The second-order valence-electron chi connectivity index (χ2n) is 10.5. The highest BCUT2D eigenvalue weighted by Crippen LogP contribution is 2.64. The summed E-state index contributed by atoms with van der Waals surface area (Å²) in [7, 11) is 0. The van der Waals surface area contributed by atoms with E-state index in [1.807, 2.05) is 36.5 Å². The molecule has 0 saturated heterocycles. The Hall–Kier alpha value is -2.23. The first kappa shape index (κ1) is 19.7. The Labute approximate surface area is 179 Å². The van der Waals surface area contributed by atoms with Crippen LogP contribution in [-0.2, 0) is 9.59 Å². The van der Waals surface area contributed by atoms with Gasteiger partial charge in [0.1, 0.15) is 0 Å². The molecule has 0 radical (unpaired) electrons. The third-order valence-corrected chi connectivity index (χ3v) is 9.18.